The number of allylic oxidation sites excluding steroid dienone is 2. The third-order valence-electron chi connectivity index (χ3n) is 3.32. The van der Waals surface area contributed by atoms with Crippen LogP contribution in [0.1, 0.15) is 41.6 Å². The highest BCUT2D eigenvalue weighted by Gasteiger charge is 1.99. The molecule has 0 atom stereocenters. The highest BCUT2D eigenvalue weighted by molar-refractivity contribution is 5.93. The van der Waals surface area contributed by atoms with E-state index in [4.69, 9.17) is 10.9 Å². The van der Waals surface area contributed by atoms with Gasteiger partial charge in [-0.1, -0.05) is 36.8 Å². The maximum absolute atomic E-state index is 11.6. The Kier molecular flexibility index (Phi) is 9.32. The van der Waals surface area contributed by atoms with Crippen molar-refractivity contribution in [2.75, 3.05) is 6.54 Å². The number of carbonyl (C=O) groups is 3. The number of carbonyl (C=O) groups excluding carboxylic acids is 3. The van der Waals surface area contributed by atoms with Crippen LogP contribution in [-0.2, 0) is 9.59 Å². The molecule has 7 heteroatoms. The average molecular weight is 345 g/mol. The number of amides is 3. The third-order valence-corrected chi connectivity index (χ3v) is 3.32. The highest BCUT2D eigenvalue weighted by atomic mass is 16.5. The van der Waals surface area contributed by atoms with Gasteiger partial charge in [-0.25, -0.2) is 5.48 Å². The van der Waals surface area contributed by atoms with Crippen molar-refractivity contribution in [2.24, 2.45) is 5.73 Å². The first kappa shape index (κ1) is 20.1. The number of hydrogen-bond acceptors (Lipinski definition) is 4. The summed E-state index contributed by atoms with van der Waals surface area (Å²) >= 11 is 0. The molecule has 0 aliphatic carbocycles. The number of nitrogens with two attached hydrogens (primary N) is 1. The molecule has 0 radical (unpaired) electrons. The standard InChI is InChI=1S/C18H23N3O4/c19-18(24)15-9-6-8-14(13-15)7-3-4-10-16(22)20-12-5-1-2-11-17(23)21-25/h3-4,6-10,13,25H,1-2,5,11-12H2,(H2,19,24)(H,20,22)(H,21,23)/b7-3+,10-4+. The van der Waals surface area contributed by atoms with E-state index in [1.54, 1.807) is 41.9 Å². The molecule has 1 rings (SSSR count). The lowest BCUT2D eigenvalue weighted by Gasteiger charge is -2.02. The van der Waals surface area contributed by atoms with Gasteiger partial charge in [-0.3, -0.25) is 19.6 Å². The van der Waals surface area contributed by atoms with Crippen LogP contribution in [0.15, 0.2) is 42.5 Å². The molecule has 134 valence electrons. The fourth-order valence-electron chi connectivity index (χ4n) is 2.02. The molecule has 0 bridgehead atoms. The molecular formula is C18H23N3O4. The van der Waals surface area contributed by atoms with Gasteiger partial charge in [0.25, 0.3) is 0 Å². The van der Waals surface area contributed by atoms with Gasteiger partial charge in [0, 0.05) is 24.6 Å². The molecule has 0 heterocycles. The topological polar surface area (TPSA) is 122 Å². The molecule has 1 aromatic rings. The second-order valence-corrected chi connectivity index (χ2v) is 5.34. The molecule has 0 spiro atoms. The first-order valence-electron chi connectivity index (χ1n) is 7.98. The average Bonchev–Trinajstić information content (AvgIpc) is 2.61. The summed E-state index contributed by atoms with van der Waals surface area (Å²) in [4.78, 5) is 33.5. The maximum atomic E-state index is 11.6. The Hall–Kier alpha value is -2.93. The number of primary amides is 1. The molecule has 0 saturated heterocycles. The Bertz CT molecular complexity index is 653. The van der Waals surface area contributed by atoms with E-state index in [-0.39, 0.29) is 12.3 Å². The second-order valence-electron chi connectivity index (χ2n) is 5.34. The number of hydroxylamine groups is 1. The zero-order valence-electron chi connectivity index (χ0n) is 13.9. The number of nitrogens with one attached hydrogen (secondary N) is 2. The van der Waals surface area contributed by atoms with Crippen molar-refractivity contribution in [1.82, 2.24) is 10.8 Å². The minimum Gasteiger partial charge on any atom is -0.366 e. The van der Waals surface area contributed by atoms with E-state index in [1.807, 2.05) is 6.07 Å². The number of hydrogen-bond donors (Lipinski definition) is 4. The lowest BCUT2D eigenvalue weighted by atomic mass is 10.1. The zero-order chi connectivity index (χ0) is 18.5. The zero-order valence-corrected chi connectivity index (χ0v) is 13.9. The quantitative estimate of drug-likeness (QED) is 0.169. The summed E-state index contributed by atoms with van der Waals surface area (Å²) in [7, 11) is 0. The largest absolute Gasteiger partial charge is 0.366 e. The van der Waals surface area contributed by atoms with Crippen molar-refractivity contribution in [3.05, 3.63) is 53.6 Å². The molecule has 0 fully saturated rings. The molecule has 0 saturated carbocycles. The van der Waals surface area contributed by atoms with Crippen LogP contribution in [0.4, 0.5) is 0 Å². The van der Waals surface area contributed by atoms with E-state index in [2.05, 4.69) is 5.32 Å². The van der Waals surface area contributed by atoms with Gasteiger partial charge in [-0.2, -0.15) is 0 Å². The van der Waals surface area contributed by atoms with E-state index in [1.165, 1.54) is 6.08 Å². The van der Waals surface area contributed by atoms with E-state index in [0.29, 0.717) is 18.5 Å². The normalized spacial score (nSPS) is 10.9. The minimum atomic E-state index is -0.484. The van der Waals surface area contributed by atoms with Gasteiger partial charge >= 0.3 is 0 Å². The molecule has 0 aromatic heterocycles. The first-order chi connectivity index (χ1) is 12.0. The molecule has 0 unspecified atom stereocenters. The third kappa shape index (κ3) is 9.07. The molecule has 3 amide bonds. The number of benzene rings is 1. The van der Waals surface area contributed by atoms with Gasteiger partial charge in [-0.05, 0) is 30.5 Å². The maximum Gasteiger partial charge on any atom is 0.248 e. The molecule has 0 aliphatic rings. The Labute approximate surface area is 146 Å². The monoisotopic (exact) mass is 345 g/mol. The molecule has 7 nitrogen and oxygen atoms in total. The number of rotatable bonds is 10. The van der Waals surface area contributed by atoms with Crippen LogP contribution in [0.3, 0.4) is 0 Å². The molecule has 25 heavy (non-hydrogen) atoms. The van der Waals surface area contributed by atoms with Crippen molar-refractivity contribution >= 4 is 23.8 Å². The summed E-state index contributed by atoms with van der Waals surface area (Å²) < 4.78 is 0. The first-order valence-corrected chi connectivity index (χ1v) is 7.98. The SMILES string of the molecule is NC(=O)c1cccc(/C=C/C=C/C(=O)NCCCCCC(=O)NO)c1. The van der Waals surface area contributed by atoms with Gasteiger partial charge in [-0.15, -0.1) is 0 Å². The van der Waals surface area contributed by atoms with E-state index < -0.39 is 11.8 Å². The second kappa shape index (κ2) is 11.6. The summed E-state index contributed by atoms with van der Waals surface area (Å²) in [5.41, 5.74) is 8.04. The summed E-state index contributed by atoms with van der Waals surface area (Å²) in [5, 5.41) is 11.1. The van der Waals surface area contributed by atoms with Gasteiger partial charge in [0.2, 0.25) is 17.7 Å². The van der Waals surface area contributed by atoms with Crippen LogP contribution in [0.2, 0.25) is 0 Å². The smallest absolute Gasteiger partial charge is 0.248 e. The van der Waals surface area contributed by atoms with Gasteiger partial charge in [0.1, 0.15) is 0 Å². The predicted octanol–water partition coefficient (Wildman–Crippen LogP) is 1.54. The lowest BCUT2D eigenvalue weighted by molar-refractivity contribution is -0.129. The van der Waals surface area contributed by atoms with Crippen molar-refractivity contribution in [3.8, 4) is 0 Å². The summed E-state index contributed by atoms with van der Waals surface area (Å²) in [6, 6.07) is 6.87. The molecule has 0 aliphatic heterocycles. The van der Waals surface area contributed by atoms with Crippen LogP contribution in [0, 0.1) is 0 Å². The van der Waals surface area contributed by atoms with E-state index in [0.717, 1.165) is 18.4 Å². The van der Waals surface area contributed by atoms with Gasteiger partial charge in [0.15, 0.2) is 0 Å². The predicted molar refractivity (Wildman–Crippen MR) is 94.5 cm³/mol. The highest BCUT2D eigenvalue weighted by Crippen LogP contribution is 2.06. The fraction of sp³-hybridized carbons (Fsp3) is 0.278. The van der Waals surface area contributed by atoms with Gasteiger partial charge in [0.05, 0.1) is 0 Å². The number of unbranched alkanes of at least 4 members (excludes halogenated alkanes) is 2. The van der Waals surface area contributed by atoms with Crippen molar-refractivity contribution < 1.29 is 19.6 Å². The van der Waals surface area contributed by atoms with Crippen molar-refractivity contribution in [2.45, 2.75) is 25.7 Å². The minimum absolute atomic E-state index is 0.205. The summed E-state index contributed by atoms with van der Waals surface area (Å²) in [6.07, 6.45) is 8.96. The van der Waals surface area contributed by atoms with Crippen molar-refractivity contribution in [3.63, 3.8) is 0 Å². The summed E-state index contributed by atoms with van der Waals surface area (Å²) in [5.74, 6) is -1.09. The Morgan fingerprint density at radius 2 is 1.92 bits per heavy atom. The van der Waals surface area contributed by atoms with E-state index >= 15 is 0 Å². The Morgan fingerprint density at radius 1 is 1.12 bits per heavy atom. The van der Waals surface area contributed by atoms with Crippen LogP contribution in [0.25, 0.3) is 6.08 Å². The fourth-order valence-corrected chi connectivity index (χ4v) is 2.02. The van der Waals surface area contributed by atoms with Gasteiger partial charge < -0.3 is 11.1 Å². The molecule has 1 aromatic carbocycles. The van der Waals surface area contributed by atoms with E-state index in [9.17, 15) is 14.4 Å². The Morgan fingerprint density at radius 3 is 2.64 bits per heavy atom. The lowest BCUT2D eigenvalue weighted by Crippen LogP contribution is -2.22. The van der Waals surface area contributed by atoms with Crippen molar-refractivity contribution in [1.29, 1.82) is 0 Å². The molecule has 5 N–H and O–H groups in total. The molecular weight excluding hydrogens is 322 g/mol. The summed E-state index contributed by atoms with van der Waals surface area (Å²) in [6.45, 7) is 0.522. The Balaban J connectivity index is 2.25. The van der Waals surface area contributed by atoms with Crippen LogP contribution in [-0.4, -0.2) is 29.5 Å². The van der Waals surface area contributed by atoms with Crippen LogP contribution >= 0.6 is 0 Å². The van der Waals surface area contributed by atoms with Crippen LogP contribution < -0.4 is 16.5 Å². The van der Waals surface area contributed by atoms with Crippen LogP contribution in [0.5, 0.6) is 0 Å².